The molecule has 1 N–H and O–H groups in total. The Morgan fingerprint density at radius 1 is 1.07 bits per heavy atom. The molecule has 2 aromatic rings. The average Bonchev–Trinajstić information content (AvgIpc) is 2.72. The highest BCUT2D eigenvalue weighted by Gasteiger charge is 2.19. The van der Waals surface area contributed by atoms with Gasteiger partial charge in [0.15, 0.2) is 0 Å². The normalized spacial score (nSPS) is 14.9. The summed E-state index contributed by atoms with van der Waals surface area (Å²) in [5.74, 6) is 0.938. The molecule has 0 saturated carbocycles. The molecule has 0 aromatic heterocycles. The SMILES string of the molecule is COc1ccc(CNC2CCN(c3ccc(C(=O)N(C)C)cc3)CC2)cc1. The van der Waals surface area contributed by atoms with Crippen LogP contribution in [0.5, 0.6) is 5.75 Å². The van der Waals surface area contributed by atoms with Crippen LogP contribution in [0.2, 0.25) is 0 Å². The van der Waals surface area contributed by atoms with Crippen molar-refractivity contribution in [3.05, 3.63) is 59.7 Å². The molecule has 0 radical (unpaired) electrons. The Morgan fingerprint density at radius 2 is 1.70 bits per heavy atom. The van der Waals surface area contributed by atoms with Gasteiger partial charge in [-0.2, -0.15) is 0 Å². The van der Waals surface area contributed by atoms with Gasteiger partial charge in [0, 0.05) is 51.0 Å². The number of benzene rings is 2. The molecule has 0 bridgehead atoms. The van der Waals surface area contributed by atoms with E-state index in [1.165, 1.54) is 11.3 Å². The first kappa shape index (κ1) is 19.2. The fraction of sp³-hybridized carbons (Fsp3) is 0.409. The Kier molecular flexibility index (Phi) is 6.35. The lowest BCUT2D eigenvalue weighted by Crippen LogP contribution is -2.42. The van der Waals surface area contributed by atoms with E-state index in [9.17, 15) is 4.79 Å². The first-order valence-electron chi connectivity index (χ1n) is 9.50. The van der Waals surface area contributed by atoms with Gasteiger partial charge in [-0.15, -0.1) is 0 Å². The fourth-order valence-electron chi connectivity index (χ4n) is 3.42. The second kappa shape index (κ2) is 8.91. The van der Waals surface area contributed by atoms with Crippen molar-refractivity contribution >= 4 is 11.6 Å². The van der Waals surface area contributed by atoms with E-state index in [0.29, 0.717) is 6.04 Å². The number of hydrogen-bond donors (Lipinski definition) is 1. The van der Waals surface area contributed by atoms with Gasteiger partial charge in [-0.25, -0.2) is 0 Å². The lowest BCUT2D eigenvalue weighted by molar-refractivity contribution is 0.0827. The van der Waals surface area contributed by atoms with Gasteiger partial charge < -0.3 is 19.9 Å². The van der Waals surface area contributed by atoms with Crippen LogP contribution in [-0.2, 0) is 6.54 Å². The number of piperidine rings is 1. The summed E-state index contributed by atoms with van der Waals surface area (Å²) in [6.07, 6.45) is 2.24. The number of hydrogen-bond acceptors (Lipinski definition) is 4. The molecule has 1 saturated heterocycles. The molecular weight excluding hydrogens is 338 g/mol. The average molecular weight is 367 g/mol. The van der Waals surface area contributed by atoms with Crippen molar-refractivity contribution < 1.29 is 9.53 Å². The summed E-state index contributed by atoms with van der Waals surface area (Å²) < 4.78 is 5.20. The predicted octanol–water partition coefficient (Wildman–Crippen LogP) is 3.16. The van der Waals surface area contributed by atoms with Crippen LogP contribution in [-0.4, -0.2) is 51.1 Å². The number of nitrogens with one attached hydrogen (secondary N) is 1. The van der Waals surface area contributed by atoms with Crippen molar-refractivity contribution in [2.75, 3.05) is 39.2 Å². The Morgan fingerprint density at radius 3 is 2.26 bits per heavy atom. The monoisotopic (exact) mass is 367 g/mol. The molecule has 5 heteroatoms. The molecule has 5 nitrogen and oxygen atoms in total. The van der Waals surface area contributed by atoms with Crippen LogP contribution < -0.4 is 15.0 Å². The zero-order valence-corrected chi connectivity index (χ0v) is 16.4. The van der Waals surface area contributed by atoms with E-state index in [4.69, 9.17) is 4.74 Å². The first-order valence-corrected chi connectivity index (χ1v) is 9.50. The fourth-order valence-corrected chi connectivity index (χ4v) is 3.42. The molecule has 1 aliphatic rings. The number of methoxy groups -OCH3 is 1. The highest BCUT2D eigenvalue weighted by atomic mass is 16.5. The van der Waals surface area contributed by atoms with Gasteiger partial charge in [0.1, 0.15) is 5.75 Å². The van der Waals surface area contributed by atoms with E-state index in [1.807, 2.05) is 24.3 Å². The molecule has 2 aromatic carbocycles. The Balaban J connectivity index is 1.47. The summed E-state index contributed by atoms with van der Waals surface area (Å²) in [5, 5.41) is 3.67. The van der Waals surface area contributed by atoms with Gasteiger partial charge in [-0.05, 0) is 54.8 Å². The summed E-state index contributed by atoms with van der Waals surface area (Å²) >= 11 is 0. The highest BCUT2D eigenvalue weighted by Crippen LogP contribution is 2.21. The van der Waals surface area contributed by atoms with Crippen LogP contribution in [0.4, 0.5) is 5.69 Å². The molecule has 1 aliphatic heterocycles. The molecule has 3 rings (SSSR count). The second-order valence-corrected chi connectivity index (χ2v) is 7.24. The minimum Gasteiger partial charge on any atom is -0.497 e. The lowest BCUT2D eigenvalue weighted by Gasteiger charge is -2.34. The number of carbonyl (C=O) groups is 1. The van der Waals surface area contributed by atoms with Gasteiger partial charge in [-0.1, -0.05) is 12.1 Å². The summed E-state index contributed by atoms with van der Waals surface area (Å²) in [7, 11) is 5.24. The van der Waals surface area contributed by atoms with Gasteiger partial charge in [0.2, 0.25) is 0 Å². The van der Waals surface area contributed by atoms with Crippen LogP contribution in [0.3, 0.4) is 0 Å². The van der Waals surface area contributed by atoms with E-state index in [0.717, 1.165) is 43.8 Å². The topological polar surface area (TPSA) is 44.8 Å². The van der Waals surface area contributed by atoms with Crippen molar-refractivity contribution in [3.63, 3.8) is 0 Å². The molecule has 144 valence electrons. The van der Waals surface area contributed by atoms with E-state index in [2.05, 4.69) is 34.5 Å². The zero-order valence-electron chi connectivity index (χ0n) is 16.4. The third kappa shape index (κ3) is 5.01. The van der Waals surface area contributed by atoms with Crippen molar-refractivity contribution in [3.8, 4) is 5.75 Å². The zero-order chi connectivity index (χ0) is 19.2. The number of ether oxygens (including phenoxy) is 1. The molecule has 27 heavy (non-hydrogen) atoms. The molecule has 0 unspecified atom stereocenters. The van der Waals surface area contributed by atoms with Crippen molar-refractivity contribution in [1.29, 1.82) is 0 Å². The maximum atomic E-state index is 12.0. The van der Waals surface area contributed by atoms with E-state index < -0.39 is 0 Å². The highest BCUT2D eigenvalue weighted by molar-refractivity contribution is 5.94. The van der Waals surface area contributed by atoms with Crippen molar-refractivity contribution in [1.82, 2.24) is 10.2 Å². The van der Waals surface area contributed by atoms with Crippen LogP contribution >= 0.6 is 0 Å². The molecule has 0 spiro atoms. The number of rotatable bonds is 6. The summed E-state index contributed by atoms with van der Waals surface area (Å²) in [6.45, 7) is 2.94. The summed E-state index contributed by atoms with van der Waals surface area (Å²) in [6, 6.07) is 16.7. The van der Waals surface area contributed by atoms with Gasteiger partial charge >= 0.3 is 0 Å². The molecular formula is C22H29N3O2. The number of nitrogens with zero attached hydrogens (tertiary/aromatic N) is 2. The quantitative estimate of drug-likeness (QED) is 0.852. The number of anilines is 1. The first-order chi connectivity index (χ1) is 13.1. The molecule has 1 fully saturated rings. The van der Waals surface area contributed by atoms with Gasteiger partial charge in [0.25, 0.3) is 5.91 Å². The third-order valence-corrected chi connectivity index (χ3v) is 5.13. The Bertz CT molecular complexity index is 733. The smallest absolute Gasteiger partial charge is 0.253 e. The minimum atomic E-state index is 0.0444. The van der Waals surface area contributed by atoms with Gasteiger partial charge in [-0.3, -0.25) is 4.79 Å². The van der Waals surface area contributed by atoms with Crippen LogP contribution in [0.25, 0.3) is 0 Å². The molecule has 0 atom stereocenters. The number of carbonyl (C=O) groups excluding carboxylic acids is 1. The predicted molar refractivity (Wildman–Crippen MR) is 110 cm³/mol. The molecule has 1 amide bonds. The van der Waals surface area contributed by atoms with Crippen LogP contribution in [0, 0.1) is 0 Å². The minimum absolute atomic E-state index is 0.0444. The standard InChI is InChI=1S/C22H29N3O2/c1-24(2)22(26)18-6-8-20(9-7-18)25-14-12-19(13-15-25)23-16-17-4-10-21(27-3)11-5-17/h4-11,19,23H,12-16H2,1-3H3. The van der Waals surface area contributed by atoms with Crippen molar-refractivity contribution in [2.24, 2.45) is 0 Å². The Hall–Kier alpha value is -2.53. The maximum Gasteiger partial charge on any atom is 0.253 e. The van der Waals surface area contributed by atoms with Crippen molar-refractivity contribution in [2.45, 2.75) is 25.4 Å². The van der Waals surface area contributed by atoms with Crippen LogP contribution in [0.1, 0.15) is 28.8 Å². The molecule has 1 heterocycles. The van der Waals surface area contributed by atoms with E-state index >= 15 is 0 Å². The summed E-state index contributed by atoms with van der Waals surface area (Å²) in [4.78, 5) is 16.0. The second-order valence-electron chi connectivity index (χ2n) is 7.24. The van der Waals surface area contributed by atoms with E-state index in [1.54, 1.807) is 26.1 Å². The third-order valence-electron chi connectivity index (χ3n) is 5.13. The molecule has 0 aliphatic carbocycles. The number of amides is 1. The van der Waals surface area contributed by atoms with Crippen LogP contribution in [0.15, 0.2) is 48.5 Å². The maximum absolute atomic E-state index is 12.0. The Labute approximate surface area is 161 Å². The van der Waals surface area contributed by atoms with Gasteiger partial charge in [0.05, 0.1) is 7.11 Å². The van der Waals surface area contributed by atoms with E-state index in [-0.39, 0.29) is 5.91 Å². The largest absolute Gasteiger partial charge is 0.497 e. The summed E-state index contributed by atoms with van der Waals surface area (Å²) in [5.41, 5.74) is 3.21. The lowest BCUT2D eigenvalue weighted by atomic mass is 10.0.